The van der Waals surface area contributed by atoms with Crippen LogP contribution in [0.15, 0.2) is 18.3 Å². The summed E-state index contributed by atoms with van der Waals surface area (Å²) in [4.78, 5) is 26.5. The van der Waals surface area contributed by atoms with Crippen molar-refractivity contribution in [1.82, 2.24) is 4.98 Å². The second-order valence-corrected chi connectivity index (χ2v) is 4.18. The van der Waals surface area contributed by atoms with E-state index in [-0.39, 0.29) is 6.42 Å². The van der Waals surface area contributed by atoms with E-state index in [1.807, 2.05) is 0 Å². The molecular formula is C11H12ClNO4. The molecule has 0 aromatic carbocycles. The second kappa shape index (κ2) is 5.14. The van der Waals surface area contributed by atoms with Crippen LogP contribution in [-0.2, 0) is 20.7 Å². The first-order valence-corrected chi connectivity index (χ1v) is 5.20. The Morgan fingerprint density at radius 2 is 2.18 bits per heavy atom. The Balaban J connectivity index is 2.99. The van der Waals surface area contributed by atoms with Gasteiger partial charge in [0.25, 0.3) is 0 Å². The van der Waals surface area contributed by atoms with Crippen molar-refractivity contribution in [2.24, 2.45) is 5.41 Å². The van der Waals surface area contributed by atoms with Crippen molar-refractivity contribution < 1.29 is 19.4 Å². The Bertz CT molecular complexity index is 432. The van der Waals surface area contributed by atoms with E-state index in [9.17, 15) is 9.59 Å². The monoisotopic (exact) mass is 257 g/mol. The lowest BCUT2D eigenvalue weighted by Crippen LogP contribution is -2.39. The fourth-order valence-corrected chi connectivity index (χ4v) is 1.49. The standard InChI is InChI=1S/C11H12ClNO4/c1-11(9(14)15,10(16)17-2)5-7-3-4-8(12)13-6-7/h3-4,6H,5H2,1-2H3,(H,14,15). The summed E-state index contributed by atoms with van der Waals surface area (Å²) in [6.07, 6.45) is 1.44. The van der Waals surface area contributed by atoms with Gasteiger partial charge in [-0.25, -0.2) is 4.98 Å². The van der Waals surface area contributed by atoms with Crippen LogP contribution in [-0.4, -0.2) is 29.1 Å². The zero-order valence-corrected chi connectivity index (χ0v) is 10.2. The van der Waals surface area contributed by atoms with E-state index >= 15 is 0 Å². The van der Waals surface area contributed by atoms with Gasteiger partial charge < -0.3 is 9.84 Å². The summed E-state index contributed by atoms with van der Waals surface area (Å²) in [6, 6.07) is 3.16. The molecule has 5 nitrogen and oxygen atoms in total. The minimum atomic E-state index is -1.62. The zero-order chi connectivity index (χ0) is 13.1. The molecule has 0 fully saturated rings. The maximum Gasteiger partial charge on any atom is 0.323 e. The summed E-state index contributed by atoms with van der Waals surface area (Å²) in [6.45, 7) is 1.32. The van der Waals surface area contributed by atoms with Gasteiger partial charge >= 0.3 is 11.9 Å². The summed E-state index contributed by atoms with van der Waals surface area (Å²) in [5.74, 6) is -2.03. The number of nitrogens with zero attached hydrogens (tertiary/aromatic N) is 1. The van der Waals surface area contributed by atoms with E-state index < -0.39 is 17.4 Å². The number of aromatic nitrogens is 1. The first-order valence-electron chi connectivity index (χ1n) is 4.82. The number of pyridine rings is 1. The van der Waals surface area contributed by atoms with Crippen LogP contribution in [0.1, 0.15) is 12.5 Å². The molecule has 0 saturated carbocycles. The van der Waals surface area contributed by atoms with Crippen LogP contribution in [0.3, 0.4) is 0 Å². The van der Waals surface area contributed by atoms with E-state index in [2.05, 4.69) is 9.72 Å². The number of ether oxygens (including phenoxy) is 1. The molecule has 1 unspecified atom stereocenters. The quantitative estimate of drug-likeness (QED) is 0.503. The maximum absolute atomic E-state index is 11.5. The number of hydrogen-bond donors (Lipinski definition) is 1. The van der Waals surface area contributed by atoms with Gasteiger partial charge in [-0.3, -0.25) is 9.59 Å². The zero-order valence-electron chi connectivity index (χ0n) is 9.44. The number of aliphatic carboxylic acids is 1. The van der Waals surface area contributed by atoms with Crippen molar-refractivity contribution in [2.45, 2.75) is 13.3 Å². The fraction of sp³-hybridized carbons (Fsp3) is 0.364. The molecule has 17 heavy (non-hydrogen) atoms. The molecule has 92 valence electrons. The molecule has 0 radical (unpaired) electrons. The van der Waals surface area contributed by atoms with Gasteiger partial charge in [0.15, 0.2) is 5.41 Å². The molecule has 1 aromatic heterocycles. The third kappa shape index (κ3) is 2.94. The van der Waals surface area contributed by atoms with Crippen LogP contribution in [0.2, 0.25) is 5.15 Å². The van der Waals surface area contributed by atoms with Crippen molar-refractivity contribution in [1.29, 1.82) is 0 Å². The van der Waals surface area contributed by atoms with Crippen molar-refractivity contribution in [3.8, 4) is 0 Å². The topological polar surface area (TPSA) is 76.5 Å². The number of rotatable bonds is 4. The fourth-order valence-electron chi connectivity index (χ4n) is 1.38. The molecule has 1 heterocycles. The highest BCUT2D eigenvalue weighted by atomic mass is 35.5. The van der Waals surface area contributed by atoms with Crippen LogP contribution in [0.25, 0.3) is 0 Å². The smallest absolute Gasteiger partial charge is 0.323 e. The molecule has 0 spiro atoms. The predicted molar refractivity (Wildman–Crippen MR) is 60.7 cm³/mol. The molecule has 1 rings (SSSR count). The van der Waals surface area contributed by atoms with E-state index in [0.29, 0.717) is 10.7 Å². The molecular weight excluding hydrogens is 246 g/mol. The van der Waals surface area contributed by atoms with Crippen molar-refractivity contribution in [3.05, 3.63) is 29.0 Å². The number of carbonyl (C=O) groups excluding carboxylic acids is 1. The van der Waals surface area contributed by atoms with Gasteiger partial charge in [-0.15, -0.1) is 0 Å². The molecule has 1 aromatic rings. The van der Waals surface area contributed by atoms with Gasteiger partial charge in [0.2, 0.25) is 0 Å². The van der Waals surface area contributed by atoms with E-state index in [1.54, 1.807) is 6.07 Å². The molecule has 6 heteroatoms. The van der Waals surface area contributed by atoms with E-state index in [0.717, 1.165) is 7.11 Å². The van der Waals surface area contributed by atoms with Crippen LogP contribution >= 0.6 is 11.6 Å². The minimum absolute atomic E-state index is 0.000818. The number of halogens is 1. The predicted octanol–water partition coefficient (Wildman–Crippen LogP) is 1.54. The van der Waals surface area contributed by atoms with Crippen LogP contribution in [0.4, 0.5) is 0 Å². The van der Waals surface area contributed by atoms with Crippen molar-refractivity contribution in [2.75, 3.05) is 7.11 Å². The number of methoxy groups -OCH3 is 1. The molecule has 0 saturated heterocycles. The molecule has 1 N–H and O–H groups in total. The number of carboxylic acid groups (broad SMARTS) is 1. The average Bonchev–Trinajstić information content (AvgIpc) is 2.30. The first kappa shape index (κ1) is 13.4. The molecule has 0 bridgehead atoms. The number of hydrogen-bond acceptors (Lipinski definition) is 4. The number of esters is 1. The molecule has 0 aliphatic carbocycles. The Morgan fingerprint density at radius 3 is 2.59 bits per heavy atom. The van der Waals surface area contributed by atoms with Gasteiger partial charge in [0.05, 0.1) is 7.11 Å². The van der Waals surface area contributed by atoms with E-state index in [1.165, 1.54) is 19.2 Å². The Kier molecular flexibility index (Phi) is 4.07. The second-order valence-electron chi connectivity index (χ2n) is 3.79. The molecule has 1 atom stereocenters. The molecule has 0 aliphatic heterocycles. The third-order valence-electron chi connectivity index (χ3n) is 2.45. The van der Waals surface area contributed by atoms with Gasteiger partial charge in [0, 0.05) is 12.6 Å². The number of carboxylic acids is 1. The maximum atomic E-state index is 11.5. The average molecular weight is 258 g/mol. The van der Waals surface area contributed by atoms with Crippen LogP contribution in [0.5, 0.6) is 0 Å². The lowest BCUT2D eigenvalue weighted by atomic mass is 9.84. The SMILES string of the molecule is COC(=O)C(C)(Cc1ccc(Cl)nc1)C(=O)O. The van der Waals surface area contributed by atoms with Gasteiger partial charge in [-0.1, -0.05) is 17.7 Å². The highest BCUT2D eigenvalue weighted by molar-refractivity contribution is 6.29. The summed E-state index contributed by atoms with van der Waals surface area (Å²) in [5, 5.41) is 9.41. The Hall–Kier alpha value is -1.62. The van der Waals surface area contributed by atoms with Crippen LogP contribution < -0.4 is 0 Å². The number of carbonyl (C=O) groups is 2. The molecule has 0 aliphatic rings. The normalized spacial score (nSPS) is 13.8. The highest BCUT2D eigenvalue weighted by Gasteiger charge is 2.42. The van der Waals surface area contributed by atoms with Crippen molar-refractivity contribution in [3.63, 3.8) is 0 Å². The Labute approximate surface area is 103 Å². The van der Waals surface area contributed by atoms with Gasteiger partial charge in [-0.05, 0) is 18.6 Å². The third-order valence-corrected chi connectivity index (χ3v) is 2.68. The largest absolute Gasteiger partial charge is 0.480 e. The summed E-state index contributed by atoms with van der Waals surface area (Å²) >= 11 is 5.62. The highest BCUT2D eigenvalue weighted by Crippen LogP contribution is 2.25. The Morgan fingerprint density at radius 1 is 1.53 bits per heavy atom. The van der Waals surface area contributed by atoms with Crippen LogP contribution in [0, 0.1) is 5.41 Å². The van der Waals surface area contributed by atoms with Gasteiger partial charge in [-0.2, -0.15) is 0 Å². The summed E-state index contributed by atoms with van der Waals surface area (Å²) in [7, 11) is 1.16. The summed E-state index contributed by atoms with van der Waals surface area (Å²) in [5.41, 5.74) is -1.02. The summed E-state index contributed by atoms with van der Waals surface area (Å²) < 4.78 is 4.51. The first-order chi connectivity index (χ1) is 7.90. The lowest BCUT2D eigenvalue weighted by molar-refractivity contribution is -0.165. The van der Waals surface area contributed by atoms with Gasteiger partial charge in [0.1, 0.15) is 5.15 Å². The van der Waals surface area contributed by atoms with E-state index in [4.69, 9.17) is 16.7 Å². The lowest BCUT2D eigenvalue weighted by Gasteiger charge is -2.21. The molecule has 0 amide bonds. The minimum Gasteiger partial charge on any atom is -0.480 e. The van der Waals surface area contributed by atoms with Crippen molar-refractivity contribution >= 4 is 23.5 Å².